The van der Waals surface area contributed by atoms with Crippen molar-refractivity contribution in [3.63, 3.8) is 0 Å². The van der Waals surface area contributed by atoms with E-state index in [0.29, 0.717) is 49.1 Å². The number of unbranched alkanes of at least 4 members (excludes halogenated alkanes) is 1. The van der Waals surface area contributed by atoms with Crippen LogP contribution in [0.5, 0.6) is 5.75 Å². The molecular weight excluding hydrogens is 565 g/mol. The van der Waals surface area contributed by atoms with Crippen molar-refractivity contribution in [3.05, 3.63) is 53.1 Å². The van der Waals surface area contributed by atoms with Gasteiger partial charge in [0.25, 0.3) is 0 Å². The molecule has 0 radical (unpaired) electrons. The van der Waals surface area contributed by atoms with Crippen LogP contribution in [0.3, 0.4) is 0 Å². The summed E-state index contributed by atoms with van der Waals surface area (Å²) in [4.78, 5) is 15.0. The summed E-state index contributed by atoms with van der Waals surface area (Å²) in [6, 6.07) is 9.86. The summed E-state index contributed by atoms with van der Waals surface area (Å²) in [7, 11) is 1.58. The van der Waals surface area contributed by atoms with Gasteiger partial charge < -0.3 is 35.1 Å². The van der Waals surface area contributed by atoms with Gasteiger partial charge in [-0.05, 0) is 61.4 Å². The van der Waals surface area contributed by atoms with Crippen LogP contribution in [0.4, 0.5) is 13.2 Å². The predicted octanol–water partition coefficient (Wildman–Crippen LogP) is 4.24. The standard InChI is InChI=1S/C29H36ClF3N2O6/c1-39-12-3-2-10-28(38,25-17-35(11-13-40-25)27(37)19-15-23(34)24(36)16-19)21-8-5-9-22(30)26(21)18-6-4-7-20(14-18)41-29(31,32)33/h4-9,14,19,23-25,36,38H,2-3,10-13,15-17,34H2,1H3/t19-,23+,24-,25+,28-/m0/s1. The lowest BCUT2D eigenvalue weighted by Gasteiger charge is -2.44. The van der Waals surface area contributed by atoms with Crippen molar-refractivity contribution in [2.24, 2.45) is 11.7 Å². The number of morpholine rings is 1. The van der Waals surface area contributed by atoms with Crippen LogP contribution in [0.1, 0.15) is 37.7 Å². The Balaban J connectivity index is 1.70. The van der Waals surface area contributed by atoms with Gasteiger partial charge in [-0.3, -0.25) is 4.79 Å². The number of methoxy groups -OCH3 is 1. The lowest BCUT2D eigenvalue weighted by atomic mass is 9.79. The number of hydrogen-bond donors (Lipinski definition) is 3. The van der Waals surface area contributed by atoms with Gasteiger partial charge in [0.2, 0.25) is 5.91 Å². The summed E-state index contributed by atoms with van der Waals surface area (Å²) in [5.41, 5.74) is 5.30. The number of carbonyl (C=O) groups excluding carboxylic acids is 1. The number of aliphatic hydroxyl groups excluding tert-OH is 1. The van der Waals surface area contributed by atoms with Gasteiger partial charge in [-0.2, -0.15) is 0 Å². The number of halogens is 4. The quantitative estimate of drug-likeness (QED) is 0.350. The molecule has 4 rings (SSSR count). The van der Waals surface area contributed by atoms with E-state index in [1.54, 1.807) is 36.3 Å². The van der Waals surface area contributed by atoms with Crippen LogP contribution < -0.4 is 10.5 Å². The first-order chi connectivity index (χ1) is 19.4. The number of carbonyl (C=O) groups is 1. The maximum atomic E-state index is 13.4. The molecule has 41 heavy (non-hydrogen) atoms. The third-order valence-corrected chi connectivity index (χ3v) is 8.14. The van der Waals surface area contributed by atoms with E-state index in [9.17, 15) is 28.2 Å². The molecular formula is C29H36ClF3N2O6. The average molecular weight is 601 g/mol. The number of benzene rings is 2. The fraction of sp³-hybridized carbons (Fsp3) is 0.552. The molecule has 2 aromatic rings. The first kappa shape index (κ1) is 31.5. The fourth-order valence-electron chi connectivity index (χ4n) is 5.78. The van der Waals surface area contributed by atoms with Crippen molar-refractivity contribution >= 4 is 17.5 Å². The molecule has 2 fully saturated rings. The van der Waals surface area contributed by atoms with E-state index >= 15 is 0 Å². The molecule has 8 nitrogen and oxygen atoms in total. The summed E-state index contributed by atoms with van der Waals surface area (Å²) in [5, 5.41) is 22.7. The maximum absolute atomic E-state index is 13.4. The van der Waals surface area contributed by atoms with E-state index in [2.05, 4.69) is 4.74 Å². The van der Waals surface area contributed by atoms with E-state index in [-0.39, 0.29) is 36.9 Å². The number of nitrogens with two attached hydrogens (primary N) is 1. The van der Waals surface area contributed by atoms with E-state index in [4.69, 9.17) is 26.8 Å². The number of ether oxygens (including phenoxy) is 3. The summed E-state index contributed by atoms with van der Waals surface area (Å²) in [6.07, 6.45) is -4.46. The second-order valence-corrected chi connectivity index (χ2v) is 11.1. The maximum Gasteiger partial charge on any atom is 0.573 e. The highest BCUT2D eigenvalue weighted by molar-refractivity contribution is 6.33. The minimum atomic E-state index is -4.88. The third-order valence-electron chi connectivity index (χ3n) is 7.83. The molecule has 1 aliphatic carbocycles. The second-order valence-electron chi connectivity index (χ2n) is 10.7. The number of hydrogen-bond acceptors (Lipinski definition) is 7. The molecule has 0 aromatic heterocycles. The molecule has 0 bridgehead atoms. The molecule has 4 N–H and O–H groups in total. The van der Waals surface area contributed by atoms with Gasteiger partial charge in [0.1, 0.15) is 17.5 Å². The van der Waals surface area contributed by atoms with Crippen LogP contribution in [0.15, 0.2) is 42.5 Å². The molecule has 0 spiro atoms. The number of aliphatic hydroxyl groups is 2. The summed E-state index contributed by atoms with van der Waals surface area (Å²) >= 11 is 6.64. The van der Waals surface area contributed by atoms with Crippen molar-refractivity contribution < 1.29 is 42.4 Å². The molecule has 1 aliphatic heterocycles. The van der Waals surface area contributed by atoms with Crippen molar-refractivity contribution in [3.8, 4) is 16.9 Å². The van der Waals surface area contributed by atoms with Crippen LogP contribution in [0.25, 0.3) is 11.1 Å². The molecule has 12 heteroatoms. The zero-order valence-corrected chi connectivity index (χ0v) is 23.5. The Bertz CT molecular complexity index is 1190. The number of rotatable bonds is 10. The van der Waals surface area contributed by atoms with Crippen molar-refractivity contribution in [2.45, 2.75) is 62.3 Å². The van der Waals surface area contributed by atoms with Crippen LogP contribution >= 0.6 is 11.6 Å². The SMILES string of the molecule is COCCCC[C@](O)(c1cccc(Cl)c1-c1cccc(OC(F)(F)F)c1)[C@H]1CN(C(=O)[C@H]2C[C@@H](N)[C@@H](O)C2)CCO1. The molecule has 1 saturated heterocycles. The predicted molar refractivity (Wildman–Crippen MR) is 146 cm³/mol. The lowest BCUT2D eigenvalue weighted by Crippen LogP contribution is -2.55. The lowest BCUT2D eigenvalue weighted by molar-refractivity contribution is -0.274. The molecule has 1 saturated carbocycles. The Labute approximate surface area is 242 Å². The smallest absolute Gasteiger partial charge is 0.406 e. The minimum Gasteiger partial charge on any atom is -0.406 e. The molecule has 226 valence electrons. The van der Waals surface area contributed by atoms with Crippen LogP contribution in [-0.2, 0) is 19.9 Å². The summed E-state index contributed by atoms with van der Waals surface area (Å²) in [6.45, 7) is 1.03. The number of nitrogens with zero attached hydrogens (tertiary/aromatic N) is 1. The van der Waals surface area contributed by atoms with Crippen molar-refractivity contribution in [1.29, 1.82) is 0 Å². The van der Waals surface area contributed by atoms with E-state index in [0.717, 1.165) is 0 Å². The van der Waals surface area contributed by atoms with E-state index in [1.807, 2.05) is 0 Å². The fourth-order valence-corrected chi connectivity index (χ4v) is 6.07. The molecule has 5 atom stereocenters. The highest BCUT2D eigenvalue weighted by Gasteiger charge is 2.46. The van der Waals surface area contributed by atoms with Gasteiger partial charge in [-0.1, -0.05) is 35.9 Å². The normalized spacial score (nSPS) is 24.7. The minimum absolute atomic E-state index is 0.0740. The molecule has 0 unspecified atom stereocenters. The third kappa shape index (κ3) is 7.52. The highest BCUT2D eigenvalue weighted by atomic mass is 35.5. The summed E-state index contributed by atoms with van der Waals surface area (Å²) in [5.74, 6) is -1.01. The number of alkyl halides is 3. The van der Waals surface area contributed by atoms with Crippen LogP contribution in [0, 0.1) is 5.92 Å². The Morgan fingerprint density at radius 3 is 2.63 bits per heavy atom. The molecule has 2 aromatic carbocycles. The molecule has 1 heterocycles. The Morgan fingerprint density at radius 2 is 1.95 bits per heavy atom. The first-order valence-corrected chi connectivity index (χ1v) is 14.0. The van der Waals surface area contributed by atoms with Crippen molar-refractivity contribution in [1.82, 2.24) is 4.90 Å². The van der Waals surface area contributed by atoms with Gasteiger partial charge in [-0.25, -0.2) is 0 Å². The second kappa shape index (κ2) is 13.3. The van der Waals surface area contributed by atoms with Gasteiger partial charge in [-0.15, -0.1) is 13.2 Å². The van der Waals surface area contributed by atoms with Crippen LogP contribution in [0.2, 0.25) is 5.02 Å². The van der Waals surface area contributed by atoms with E-state index < -0.39 is 41.9 Å². The monoisotopic (exact) mass is 600 g/mol. The van der Waals surface area contributed by atoms with Gasteiger partial charge in [0.05, 0.1) is 19.3 Å². The largest absolute Gasteiger partial charge is 0.573 e. The zero-order chi connectivity index (χ0) is 29.8. The number of amides is 1. The Hall–Kier alpha value is -2.41. The molecule has 2 aliphatic rings. The van der Waals surface area contributed by atoms with Gasteiger partial charge in [0, 0.05) is 42.8 Å². The van der Waals surface area contributed by atoms with Crippen LogP contribution in [-0.4, -0.2) is 79.0 Å². The van der Waals surface area contributed by atoms with E-state index in [1.165, 1.54) is 18.2 Å². The molecule has 1 amide bonds. The average Bonchev–Trinajstić information content (AvgIpc) is 3.27. The Morgan fingerprint density at radius 1 is 1.20 bits per heavy atom. The summed E-state index contributed by atoms with van der Waals surface area (Å²) < 4.78 is 54.3. The highest BCUT2D eigenvalue weighted by Crippen LogP contribution is 2.44. The topological polar surface area (TPSA) is 114 Å². The Kier molecular flexibility index (Phi) is 10.2. The van der Waals surface area contributed by atoms with Gasteiger partial charge >= 0.3 is 6.36 Å². The zero-order valence-electron chi connectivity index (χ0n) is 22.8. The van der Waals surface area contributed by atoms with Crippen molar-refractivity contribution in [2.75, 3.05) is 33.4 Å². The first-order valence-electron chi connectivity index (χ1n) is 13.6. The van der Waals surface area contributed by atoms with Gasteiger partial charge in [0.15, 0.2) is 0 Å².